The summed E-state index contributed by atoms with van der Waals surface area (Å²) in [5.74, 6) is 1.31. The Labute approximate surface area is 159 Å². The van der Waals surface area contributed by atoms with Crippen LogP contribution >= 0.6 is 0 Å². The standard InChI is InChI=1S/C20H27N3O4/c24-19(16-5-6-17-18(15-16)27-14-4-13-26-17)21-9-11-23(12-10-21)20(25)22-7-2-1-3-8-22/h5-6,15H,1-4,7-14H2. The molecule has 146 valence electrons. The normalized spacial score (nSPS) is 20.2. The number of piperazine rings is 1. The molecule has 0 saturated carbocycles. The Morgan fingerprint density at radius 2 is 1.33 bits per heavy atom. The molecule has 4 rings (SSSR count). The maximum Gasteiger partial charge on any atom is 0.320 e. The lowest BCUT2D eigenvalue weighted by Gasteiger charge is -2.38. The van der Waals surface area contributed by atoms with Gasteiger partial charge in [-0.1, -0.05) is 0 Å². The second-order valence-electron chi connectivity index (χ2n) is 7.32. The zero-order chi connectivity index (χ0) is 18.6. The minimum absolute atomic E-state index is 0.0179. The molecule has 0 aliphatic carbocycles. The van der Waals surface area contributed by atoms with E-state index in [-0.39, 0.29) is 11.9 Å². The van der Waals surface area contributed by atoms with Crippen molar-refractivity contribution in [3.63, 3.8) is 0 Å². The maximum absolute atomic E-state index is 12.9. The Kier molecular flexibility index (Phi) is 5.36. The summed E-state index contributed by atoms with van der Waals surface area (Å²) in [6.07, 6.45) is 4.23. The van der Waals surface area contributed by atoms with Crippen molar-refractivity contribution in [1.82, 2.24) is 14.7 Å². The van der Waals surface area contributed by atoms with Gasteiger partial charge in [-0.2, -0.15) is 0 Å². The lowest BCUT2D eigenvalue weighted by Crippen LogP contribution is -2.54. The molecule has 1 aromatic rings. The summed E-state index contributed by atoms with van der Waals surface area (Å²) >= 11 is 0. The molecular formula is C20H27N3O4. The van der Waals surface area contributed by atoms with Crippen molar-refractivity contribution in [3.05, 3.63) is 23.8 Å². The summed E-state index contributed by atoms with van der Waals surface area (Å²) in [6, 6.07) is 5.50. The van der Waals surface area contributed by atoms with Crippen molar-refractivity contribution >= 4 is 11.9 Å². The summed E-state index contributed by atoms with van der Waals surface area (Å²) in [6.45, 7) is 5.25. The quantitative estimate of drug-likeness (QED) is 0.757. The van der Waals surface area contributed by atoms with Crippen molar-refractivity contribution in [1.29, 1.82) is 0 Å². The van der Waals surface area contributed by atoms with E-state index in [4.69, 9.17) is 9.47 Å². The number of ether oxygens (including phenoxy) is 2. The molecule has 0 aromatic heterocycles. The number of carbonyl (C=O) groups is 2. The molecule has 1 aromatic carbocycles. The number of piperidine rings is 1. The van der Waals surface area contributed by atoms with E-state index < -0.39 is 0 Å². The van der Waals surface area contributed by atoms with Crippen LogP contribution in [0.4, 0.5) is 4.79 Å². The molecule has 7 heteroatoms. The molecular weight excluding hydrogens is 346 g/mol. The predicted molar refractivity (Wildman–Crippen MR) is 100 cm³/mol. The predicted octanol–water partition coefficient (Wildman–Crippen LogP) is 2.21. The Balaban J connectivity index is 1.36. The first-order valence-electron chi connectivity index (χ1n) is 9.95. The fourth-order valence-corrected chi connectivity index (χ4v) is 3.86. The monoisotopic (exact) mass is 373 g/mol. The summed E-state index contributed by atoms with van der Waals surface area (Å²) in [4.78, 5) is 31.1. The van der Waals surface area contributed by atoms with Gasteiger partial charge >= 0.3 is 6.03 Å². The Hall–Kier alpha value is -2.44. The summed E-state index contributed by atoms with van der Waals surface area (Å²) in [7, 11) is 0. The molecule has 2 saturated heterocycles. The van der Waals surface area contributed by atoms with Gasteiger partial charge in [0.05, 0.1) is 13.2 Å². The molecule has 27 heavy (non-hydrogen) atoms. The first-order valence-corrected chi connectivity index (χ1v) is 9.95. The third kappa shape index (κ3) is 3.96. The Bertz CT molecular complexity index is 694. The fourth-order valence-electron chi connectivity index (χ4n) is 3.86. The minimum atomic E-state index is -0.0179. The molecule has 2 fully saturated rings. The third-order valence-electron chi connectivity index (χ3n) is 5.46. The number of hydrogen-bond donors (Lipinski definition) is 0. The molecule has 0 radical (unpaired) electrons. The van der Waals surface area contributed by atoms with Crippen LogP contribution in [0.1, 0.15) is 36.0 Å². The lowest BCUT2D eigenvalue weighted by atomic mass is 10.1. The van der Waals surface area contributed by atoms with Crippen molar-refractivity contribution in [2.24, 2.45) is 0 Å². The molecule has 3 aliphatic rings. The largest absolute Gasteiger partial charge is 0.490 e. The molecule has 0 unspecified atom stereocenters. The smallest absolute Gasteiger partial charge is 0.320 e. The van der Waals surface area contributed by atoms with Crippen LogP contribution in [0.5, 0.6) is 11.5 Å². The van der Waals surface area contributed by atoms with Crippen LogP contribution in [-0.4, -0.2) is 79.1 Å². The lowest BCUT2D eigenvalue weighted by molar-refractivity contribution is 0.0632. The highest BCUT2D eigenvalue weighted by atomic mass is 16.5. The van der Waals surface area contributed by atoms with Gasteiger partial charge < -0.3 is 24.2 Å². The first kappa shape index (κ1) is 17.9. The van der Waals surface area contributed by atoms with Gasteiger partial charge in [0.2, 0.25) is 0 Å². The van der Waals surface area contributed by atoms with E-state index in [1.807, 2.05) is 20.8 Å². The topological polar surface area (TPSA) is 62.3 Å². The van der Waals surface area contributed by atoms with Crippen molar-refractivity contribution in [3.8, 4) is 11.5 Å². The molecule has 0 spiro atoms. The second kappa shape index (κ2) is 8.06. The molecule has 3 amide bonds. The van der Waals surface area contributed by atoms with Crippen LogP contribution in [0.15, 0.2) is 18.2 Å². The highest BCUT2D eigenvalue weighted by molar-refractivity contribution is 5.95. The number of amides is 3. The molecule has 0 atom stereocenters. The average molecular weight is 373 g/mol. The zero-order valence-corrected chi connectivity index (χ0v) is 15.7. The van der Waals surface area contributed by atoms with E-state index >= 15 is 0 Å². The molecule has 3 aliphatic heterocycles. The number of fused-ring (bicyclic) bond motifs is 1. The highest BCUT2D eigenvalue weighted by Gasteiger charge is 2.28. The van der Waals surface area contributed by atoms with Crippen molar-refractivity contribution < 1.29 is 19.1 Å². The number of hydrogen-bond acceptors (Lipinski definition) is 4. The van der Waals surface area contributed by atoms with Gasteiger partial charge in [0, 0.05) is 51.3 Å². The SMILES string of the molecule is O=C(c1ccc2c(c1)OCCCO2)N1CCN(C(=O)N2CCCCC2)CC1. The van der Waals surface area contributed by atoms with E-state index in [1.54, 1.807) is 12.1 Å². The van der Waals surface area contributed by atoms with Gasteiger partial charge in [0.1, 0.15) is 0 Å². The molecule has 0 N–H and O–H groups in total. The van der Waals surface area contributed by atoms with Crippen LogP contribution in [0.25, 0.3) is 0 Å². The van der Waals surface area contributed by atoms with Gasteiger partial charge in [-0.05, 0) is 37.5 Å². The summed E-state index contributed by atoms with van der Waals surface area (Å²) in [5, 5.41) is 0. The zero-order valence-electron chi connectivity index (χ0n) is 15.7. The fraction of sp³-hybridized carbons (Fsp3) is 0.600. The van der Waals surface area contributed by atoms with Crippen LogP contribution < -0.4 is 9.47 Å². The molecule has 7 nitrogen and oxygen atoms in total. The van der Waals surface area contributed by atoms with E-state index in [2.05, 4.69) is 0 Å². The van der Waals surface area contributed by atoms with Gasteiger partial charge in [0.25, 0.3) is 5.91 Å². The van der Waals surface area contributed by atoms with Crippen LogP contribution in [0.2, 0.25) is 0 Å². The number of likely N-dealkylation sites (tertiary alicyclic amines) is 1. The van der Waals surface area contributed by atoms with Gasteiger partial charge in [-0.25, -0.2) is 4.79 Å². The van der Waals surface area contributed by atoms with Crippen LogP contribution in [0.3, 0.4) is 0 Å². The van der Waals surface area contributed by atoms with E-state index in [1.165, 1.54) is 6.42 Å². The average Bonchev–Trinajstić information content (AvgIpc) is 2.98. The second-order valence-corrected chi connectivity index (χ2v) is 7.32. The van der Waals surface area contributed by atoms with Gasteiger partial charge in [0.15, 0.2) is 11.5 Å². The highest BCUT2D eigenvalue weighted by Crippen LogP contribution is 2.31. The van der Waals surface area contributed by atoms with Crippen molar-refractivity contribution in [2.75, 3.05) is 52.5 Å². The number of carbonyl (C=O) groups excluding carboxylic acids is 2. The van der Waals surface area contributed by atoms with Crippen LogP contribution in [0, 0.1) is 0 Å². The first-order chi connectivity index (χ1) is 13.2. The molecule has 3 heterocycles. The maximum atomic E-state index is 12.9. The summed E-state index contributed by atoms with van der Waals surface area (Å²) < 4.78 is 11.3. The third-order valence-corrected chi connectivity index (χ3v) is 5.46. The Morgan fingerprint density at radius 3 is 2.07 bits per heavy atom. The number of urea groups is 1. The Morgan fingerprint density at radius 1 is 0.704 bits per heavy atom. The van der Waals surface area contributed by atoms with Gasteiger partial charge in [-0.15, -0.1) is 0 Å². The van der Waals surface area contributed by atoms with E-state index in [0.717, 1.165) is 32.4 Å². The van der Waals surface area contributed by atoms with E-state index in [9.17, 15) is 9.59 Å². The van der Waals surface area contributed by atoms with Gasteiger partial charge in [-0.3, -0.25) is 4.79 Å². The number of nitrogens with zero attached hydrogens (tertiary/aromatic N) is 3. The van der Waals surface area contributed by atoms with Crippen LogP contribution in [-0.2, 0) is 0 Å². The number of benzene rings is 1. The number of rotatable bonds is 1. The molecule has 0 bridgehead atoms. The van der Waals surface area contributed by atoms with Crippen molar-refractivity contribution in [2.45, 2.75) is 25.7 Å². The minimum Gasteiger partial charge on any atom is -0.490 e. The summed E-state index contributed by atoms with van der Waals surface area (Å²) in [5.41, 5.74) is 0.607. The van der Waals surface area contributed by atoms with E-state index in [0.29, 0.717) is 56.5 Å².